The van der Waals surface area contributed by atoms with Crippen molar-refractivity contribution in [3.05, 3.63) is 114 Å². The third kappa shape index (κ3) is 4.93. The Morgan fingerprint density at radius 1 is 0.865 bits per heavy atom. The highest BCUT2D eigenvalue weighted by molar-refractivity contribution is 6.08. The smallest absolute Gasteiger partial charge is 0.410 e. The second-order valence-corrected chi connectivity index (χ2v) is 10.1. The Morgan fingerprint density at radius 3 is 2.32 bits per heavy atom. The lowest BCUT2D eigenvalue weighted by Crippen LogP contribution is -2.55. The Hall–Kier alpha value is -4.16. The number of nitrogens with zero attached hydrogens (tertiary/aromatic N) is 1. The topological polar surface area (TPSA) is 67.9 Å². The average Bonchev–Trinajstić information content (AvgIpc) is 3.10. The molecular formula is C31H30N2O4. The summed E-state index contributed by atoms with van der Waals surface area (Å²) >= 11 is 0. The zero-order valence-corrected chi connectivity index (χ0v) is 21.2. The van der Waals surface area contributed by atoms with Gasteiger partial charge in [0.2, 0.25) is 0 Å². The van der Waals surface area contributed by atoms with Gasteiger partial charge in [-0.05, 0) is 48.7 Å². The molecule has 4 aromatic rings. The summed E-state index contributed by atoms with van der Waals surface area (Å²) in [5, 5.41) is 4.91. The standard InChI is InChI=1S/C31H30N2O4/c1-30(2,3)37-29(35)32-31(36-21-24-16-11-15-23-14-7-8-17-25(23)24)26-18-9-10-19-27(26)33(28(31)34)20-22-12-5-4-6-13-22/h4-19H,20-21H2,1-3H3,(H,32,35)/t31-/m1/s1. The van der Waals surface area contributed by atoms with Gasteiger partial charge in [0.15, 0.2) is 0 Å². The van der Waals surface area contributed by atoms with Gasteiger partial charge in [0.05, 0.1) is 18.8 Å². The van der Waals surface area contributed by atoms with E-state index in [9.17, 15) is 9.59 Å². The number of carbonyl (C=O) groups is 2. The number of benzene rings is 4. The molecule has 0 unspecified atom stereocenters. The number of rotatable bonds is 6. The molecule has 1 heterocycles. The molecule has 1 N–H and O–H groups in total. The van der Waals surface area contributed by atoms with Crippen LogP contribution in [0.3, 0.4) is 0 Å². The molecule has 37 heavy (non-hydrogen) atoms. The summed E-state index contributed by atoms with van der Waals surface area (Å²) in [6, 6.07) is 31.1. The van der Waals surface area contributed by atoms with E-state index in [-0.39, 0.29) is 12.5 Å². The van der Waals surface area contributed by atoms with Crippen LogP contribution in [0.15, 0.2) is 97.1 Å². The molecule has 0 fully saturated rings. The molecule has 1 aliphatic rings. The number of para-hydroxylation sites is 1. The van der Waals surface area contributed by atoms with Gasteiger partial charge in [-0.15, -0.1) is 0 Å². The zero-order chi connectivity index (χ0) is 26.0. The first-order valence-electron chi connectivity index (χ1n) is 12.3. The molecule has 2 amide bonds. The Balaban J connectivity index is 1.56. The Labute approximate surface area is 216 Å². The van der Waals surface area contributed by atoms with Gasteiger partial charge in [-0.2, -0.15) is 0 Å². The molecule has 0 aromatic heterocycles. The highest BCUT2D eigenvalue weighted by atomic mass is 16.6. The second kappa shape index (κ2) is 9.71. The summed E-state index contributed by atoms with van der Waals surface area (Å²) < 4.78 is 12.0. The number of anilines is 1. The predicted octanol–water partition coefficient (Wildman–Crippen LogP) is 6.28. The SMILES string of the molecule is CC(C)(C)OC(=O)N[C@]1(OCc2cccc3ccccc23)C(=O)N(Cc2ccccc2)c2ccccc21. The molecule has 0 radical (unpaired) electrons. The van der Waals surface area contributed by atoms with Gasteiger partial charge in [-0.25, -0.2) is 4.79 Å². The minimum atomic E-state index is -1.75. The lowest BCUT2D eigenvalue weighted by atomic mass is 10.0. The monoisotopic (exact) mass is 494 g/mol. The van der Waals surface area contributed by atoms with Crippen molar-refractivity contribution >= 4 is 28.5 Å². The van der Waals surface area contributed by atoms with Crippen LogP contribution in [0.25, 0.3) is 10.8 Å². The van der Waals surface area contributed by atoms with Crippen molar-refractivity contribution < 1.29 is 19.1 Å². The maximum Gasteiger partial charge on any atom is 0.410 e. The largest absolute Gasteiger partial charge is 0.444 e. The van der Waals surface area contributed by atoms with Crippen LogP contribution in [0, 0.1) is 0 Å². The van der Waals surface area contributed by atoms with E-state index >= 15 is 0 Å². The van der Waals surface area contributed by atoms with Crippen LogP contribution in [0.4, 0.5) is 10.5 Å². The summed E-state index contributed by atoms with van der Waals surface area (Å²) in [6.07, 6.45) is -0.727. The van der Waals surface area contributed by atoms with Crippen molar-refractivity contribution in [2.45, 2.75) is 45.2 Å². The number of fused-ring (bicyclic) bond motifs is 2. The highest BCUT2D eigenvalue weighted by Gasteiger charge is 2.54. The first-order chi connectivity index (χ1) is 17.8. The fourth-order valence-electron chi connectivity index (χ4n) is 4.69. The average molecular weight is 495 g/mol. The molecule has 188 valence electrons. The number of nitrogens with one attached hydrogen (secondary N) is 1. The zero-order valence-electron chi connectivity index (χ0n) is 21.2. The molecule has 0 bridgehead atoms. The predicted molar refractivity (Wildman–Crippen MR) is 144 cm³/mol. The van der Waals surface area contributed by atoms with Gasteiger partial charge in [-0.1, -0.05) is 91.0 Å². The third-order valence-electron chi connectivity index (χ3n) is 6.31. The van der Waals surface area contributed by atoms with Crippen molar-refractivity contribution in [3.8, 4) is 0 Å². The van der Waals surface area contributed by atoms with Gasteiger partial charge >= 0.3 is 6.09 Å². The van der Waals surface area contributed by atoms with E-state index in [1.54, 1.807) is 25.7 Å². The van der Waals surface area contributed by atoms with Crippen LogP contribution in [-0.2, 0) is 33.1 Å². The minimum Gasteiger partial charge on any atom is -0.444 e. The lowest BCUT2D eigenvalue weighted by Gasteiger charge is -2.31. The fraction of sp³-hybridized carbons (Fsp3) is 0.226. The summed E-state index contributed by atoms with van der Waals surface area (Å²) in [5.41, 5.74) is 0.645. The van der Waals surface area contributed by atoms with Crippen molar-refractivity contribution in [1.82, 2.24) is 5.32 Å². The van der Waals surface area contributed by atoms with E-state index in [2.05, 4.69) is 5.32 Å². The van der Waals surface area contributed by atoms with E-state index in [0.29, 0.717) is 17.8 Å². The lowest BCUT2D eigenvalue weighted by molar-refractivity contribution is -0.151. The second-order valence-electron chi connectivity index (χ2n) is 10.1. The van der Waals surface area contributed by atoms with Crippen LogP contribution in [-0.4, -0.2) is 17.6 Å². The summed E-state index contributed by atoms with van der Waals surface area (Å²) in [4.78, 5) is 28.9. The number of alkyl carbamates (subject to hydrolysis) is 1. The normalized spacial score (nSPS) is 17.1. The molecule has 6 heteroatoms. The van der Waals surface area contributed by atoms with E-state index in [4.69, 9.17) is 9.47 Å². The van der Waals surface area contributed by atoms with E-state index < -0.39 is 17.4 Å². The van der Waals surface area contributed by atoms with Crippen molar-refractivity contribution in [1.29, 1.82) is 0 Å². The minimum absolute atomic E-state index is 0.108. The number of carbonyl (C=O) groups excluding carboxylic acids is 2. The fourth-order valence-corrected chi connectivity index (χ4v) is 4.69. The quantitative estimate of drug-likeness (QED) is 0.320. The molecule has 1 aliphatic heterocycles. The molecule has 0 aliphatic carbocycles. The summed E-state index contributed by atoms with van der Waals surface area (Å²) in [5.74, 6) is -0.372. The maximum atomic E-state index is 14.2. The van der Waals surface area contributed by atoms with Crippen LogP contribution >= 0.6 is 0 Å². The Morgan fingerprint density at radius 2 is 1.54 bits per heavy atom. The van der Waals surface area contributed by atoms with Gasteiger partial charge < -0.3 is 14.4 Å². The molecule has 1 atom stereocenters. The molecule has 4 aromatic carbocycles. The molecule has 0 saturated carbocycles. The van der Waals surface area contributed by atoms with Gasteiger partial charge in [0.1, 0.15) is 5.60 Å². The van der Waals surface area contributed by atoms with Gasteiger partial charge in [0, 0.05) is 5.56 Å². The van der Waals surface area contributed by atoms with E-state index in [1.807, 2.05) is 97.1 Å². The Kier molecular flexibility index (Phi) is 6.44. The van der Waals surface area contributed by atoms with Gasteiger partial charge in [0.25, 0.3) is 11.6 Å². The summed E-state index contributed by atoms with van der Waals surface area (Å²) in [7, 11) is 0. The van der Waals surface area contributed by atoms with Crippen LogP contribution in [0.1, 0.15) is 37.5 Å². The summed E-state index contributed by atoms with van der Waals surface area (Å²) in [6.45, 7) is 5.79. The van der Waals surface area contributed by atoms with E-state index in [1.165, 1.54) is 0 Å². The molecule has 5 rings (SSSR count). The number of ether oxygens (including phenoxy) is 2. The molecular weight excluding hydrogens is 464 g/mol. The number of amides is 2. The van der Waals surface area contributed by atoms with Crippen molar-refractivity contribution in [3.63, 3.8) is 0 Å². The van der Waals surface area contributed by atoms with Crippen LogP contribution < -0.4 is 10.2 Å². The number of hydrogen-bond donors (Lipinski definition) is 1. The highest BCUT2D eigenvalue weighted by Crippen LogP contribution is 2.43. The first-order valence-corrected chi connectivity index (χ1v) is 12.3. The molecule has 0 spiro atoms. The first kappa shape index (κ1) is 24.5. The molecule has 0 saturated heterocycles. The third-order valence-corrected chi connectivity index (χ3v) is 6.31. The molecule has 6 nitrogen and oxygen atoms in total. The number of hydrogen-bond acceptors (Lipinski definition) is 4. The Bertz CT molecular complexity index is 1440. The van der Waals surface area contributed by atoms with E-state index in [0.717, 1.165) is 21.9 Å². The van der Waals surface area contributed by atoms with Crippen LogP contribution in [0.5, 0.6) is 0 Å². The maximum absolute atomic E-state index is 14.2. The van der Waals surface area contributed by atoms with Crippen molar-refractivity contribution in [2.24, 2.45) is 0 Å². The van der Waals surface area contributed by atoms with Gasteiger partial charge in [-0.3, -0.25) is 10.1 Å². The van der Waals surface area contributed by atoms with Crippen molar-refractivity contribution in [2.75, 3.05) is 4.90 Å². The van der Waals surface area contributed by atoms with Crippen LogP contribution in [0.2, 0.25) is 0 Å².